The lowest BCUT2D eigenvalue weighted by molar-refractivity contribution is 0.197. The fourth-order valence-corrected chi connectivity index (χ4v) is 1.62. The van der Waals surface area contributed by atoms with E-state index >= 15 is 0 Å². The van der Waals surface area contributed by atoms with Crippen LogP contribution in [0.4, 0.5) is 0 Å². The molecule has 1 heterocycles. The van der Waals surface area contributed by atoms with E-state index in [1.807, 2.05) is 0 Å². The van der Waals surface area contributed by atoms with Gasteiger partial charge in [-0.15, -0.1) is 6.42 Å². The summed E-state index contributed by atoms with van der Waals surface area (Å²) in [7, 11) is 0. The van der Waals surface area contributed by atoms with Crippen LogP contribution in [0.5, 0.6) is 0 Å². The lowest BCUT2D eigenvalue weighted by atomic mass is 9.98. The van der Waals surface area contributed by atoms with E-state index in [-0.39, 0.29) is 0 Å². The average molecular weight is 152 g/mol. The van der Waals surface area contributed by atoms with Crippen molar-refractivity contribution in [1.29, 1.82) is 0 Å². The minimum absolute atomic E-state index is 0.678. The Bertz CT molecular complexity index is 148. The highest BCUT2D eigenvalue weighted by atomic mass is 15.1. The van der Waals surface area contributed by atoms with Gasteiger partial charge < -0.3 is 5.73 Å². The molecular weight excluding hydrogens is 136 g/mol. The second kappa shape index (κ2) is 4.38. The Morgan fingerprint density at radius 1 is 1.64 bits per heavy atom. The third-order valence-corrected chi connectivity index (χ3v) is 2.25. The Hall–Kier alpha value is -0.520. The average Bonchev–Trinajstić information content (AvgIpc) is 2.06. The second-order valence-electron chi connectivity index (χ2n) is 3.18. The van der Waals surface area contributed by atoms with Crippen LogP contribution in [0, 0.1) is 18.3 Å². The molecule has 0 radical (unpaired) electrons. The summed E-state index contributed by atoms with van der Waals surface area (Å²) in [6, 6.07) is 0. The molecule has 2 N–H and O–H groups in total. The topological polar surface area (TPSA) is 29.3 Å². The molecule has 1 unspecified atom stereocenters. The van der Waals surface area contributed by atoms with Crippen LogP contribution in [0.1, 0.15) is 12.8 Å². The van der Waals surface area contributed by atoms with Crippen molar-refractivity contribution in [2.24, 2.45) is 11.7 Å². The third kappa shape index (κ3) is 2.53. The van der Waals surface area contributed by atoms with Gasteiger partial charge in [0.2, 0.25) is 0 Å². The van der Waals surface area contributed by atoms with Crippen molar-refractivity contribution in [3.8, 4) is 12.3 Å². The van der Waals surface area contributed by atoms with E-state index in [9.17, 15) is 0 Å². The van der Waals surface area contributed by atoms with Crippen molar-refractivity contribution in [2.45, 2.75) is 12.8 Å². The normalized spacial score (nSPS) is 26.4. The van der Waals surface area contributed by atoms with Crippen LogP contribution in [-0.2, 0) is 0 Å². The van der Waals surface area contributed by atoms with Crippen molar-refractivity contribution < 1.29 is 0 Å². The highest BCUT2D eigenvalue weighted by Crippen LogP contribution is 2.14. The first-order valence-electron chi connectivity index (χ1n) is 4.22. The first-order valence-corrected chi connectivity index (χ1v) is 4.22. The highest BCUT2D eigenvalue weighted by Gasteiger charge is 2.16. The van der Waals surface area contributed by atoms with Crippen molar-refractivity contribution in [3.63, 3.8) is 0 Å². The summed E-state index contributed by atoms with van der Waals surface area (Å²) < 4.78 is 0. The first-order chi connectivity index (χ1) is 5.36. The van der Waals surface area contributed by atoms with E-state index in [4.69, 9.17) is 12.2 Å². The summed E-state index contributed by atoms with van der Waals surface area (Å²) in [4.78, 5) is 2.31. The molecule has 2 heteroatoms. The zero-order chi connectivity index (χ0) is 8.10. The van der Waals surface area contributed by atoms with Gasteiger partial charge in [0, 0.05) is 6.54 Å². The number of nitrogens with two attached hydrogens (primary N) is 1. The number of rotatable bonds is 2. The lowest BCUT2D eigenvalue weighted by Crippen LogP contribution is -2.38. The molecule has 1 fully saturated rings. The van der Waals surface area contributed by atoms with Crippen LogP contribution < -0.4 is 5.73 Å². The van der Waals surface area contributed by atoms with Crippen LogP contribution in [0.2, 0.25) is 0 Å². The molecule has 62 valence electrons. The predicted octanol–water partition coefficient (Wildman–Crippen LogP) is 0.290. The standard InChI is InChI=1S/C9H16N2/c1-2-5-11-6-3-4-9(7-10)8-11/h1,9H,3-8,10H2. The van der Waals surface area contributed by atoms with Crippen LogP contribution in [0.3, 0.4) is 0 Å². The molecule has 1 aliphatic heterocycles. The van der Waals surface area contributed by atoms with Gasteiger partial charge in [0.25, 0.3) is 0 Å². The van der Waals surface area contributed by atoms with Gasteiger partial charge in [-0.2, -0.15) is 0 Å². The smallest absolute Gasteiger partial charge is 0.0599 e. The summed E-state index contributed by atoms with van der Waals surface area (Å²) in [5, 5.41) is 0. The lowest BCUT2D eigenvalue weighted by Gasteiger charge is -2.30. The van der Waals surface area contributed by atoms with Gasteiger partial charge in [-0.1, -0.05) is 5.92 Å². The van der Waals surface area contributed by atoms with E-state index in [1.165, 1.54) is 12.8 Å². The SMILES string of the molecule is C#CCN1CCCC(CN)C1. The molecule has 0 aromatic rings. The molecule has 1 aliphatic rings. The van der Waals surface area contributed by atoms with Crippen molar-refractivity contribution in [1.82, 2.24) is 4.90 Å². The summed E-state index contributed by atoms with van der Waals surface area (Å²) >= 11 is 0. The van der Waals surface area contributed by atoms with E-state index in [0.29, 0.717) is 5.92 Å². The summed E-state index contributed by atoms with van der Waals surface area (Å²) in [6.45, 7) is 3.85. The molecule has 1 saturated heterocycles. The quantitative estimate of drug-likeness (QED) is 0.576. The number of hydrogen-bond acceptors (Lipinski definition) is 2. The Morgan fingerprint density at radius 3 is 3.09 bits per heavy atom. The van der Waals surface area contributed by atoms with Crippen molar-refractivity contribution >= 4 is 0 Å². The fraction of sp³-hybridized carbons (Fsp3) is 0.778. The van der Waals surface area contributed by atoms with E-state index in [1.54, 1.807) is 0 Å². The van der Waals surface area contributed by atoms with E-state index < -0.39 is 0 Å². The molecule has 0 aromatic carbocycles. The van der Waals surface area contributed by atoms with Gasteiger partial charge in [-0.3, -0.25) is 4.90 Å². The number of hydrogen-bond donors (Lipinski definition) is 1. The molecule has 2 nitrogen and oxygen atoms in total. The number of terminal acetylenes is 1. The monoisotopic (exact) mass is 152 g/mol. The minimum Gasteiger partial charge on any atom is -0.330 e. The van der Waals surface area contributed by atoms with E-state index in [0.717, 1.165) is 26.2 Å². The molecule has 0 amide bonds. The van der Waals surface area contributed by atoms with Gasteiger partial charge >= 0.3 is 0 Å². The Morgan fingerprint density at radius 2 is 2.45 bits per heavy atom. The van der Waals surface area contributed by atoms with Crippen LogP contribution in [0.25, 0.3) is 0 Å². The zero-order valence-corrected chi connectivity index (χ0v) is 6.92. The summed E-state index contributed by atoms with van der Waals surface area (Å²) in [6.07, 6.45) is 7.75. The highest BCUT2D eigenvalue weighted by molar-refractivity contribution is 4.89. The van der Waals surface area contributed by atoms with E-state index in [2.05, 4.69) is 10.8 Å². The van der Waals surface area contributed by atoms with Crippen molar-refractivity contribution in [2.75, 3.05) is 26.2 Å². The van der Waals surface area contributed by atoms with Crippen LogP contribution in [0.15, 0.2) is 0 Å². The minimum atomic E-state index is 0.678. The molecule has 1 rings (SSSR count). The Kier molecular flexibility index (Phi) is 3.41. The van der Waals surface area contributed by atoms with Gasteiger partial charge in [0.1, 0.15) is 0 Å². The molecule has 0 aliphatic carbocycles. The number of nitrogens with zero attached hydrogens (tertiary/aromatic N) is 1. The van der Waals surface area contributed by atoms with Gasteiger partial charge in [-0.25, -0.2) is 0 Å². The maximum Gasteiger partial charge on any atom is 0.0599 e. The molecule has 11 heavy (non-hydrogen) atoms. The van der Waals surface area contributed by atoms with Gasteiger partial charge in [-0.05, 0) is 31.8 Å². The second-order valence-corrected chi connectivity index (χ2v) is 3.18. The predicted molar refractivity (Wildman–Crippen MR) is 47.1 cm³/mol. The van der Waals surface area contributed by atoms with Gasteiger partial charge in [0.15, 0.2) is 0 Å². The molecule has 0 spiro atoms. The van der Waals surface area contributed by atoms with Crippen LogP contribution >= 0.6 is 0 Å². The zero-order valence-electron chi connectivity index (χ0n) is 6.92. The first kappa shape index (κ1) is 8.58. The molecule has 0 saturated carbocycles. The molecule has 1 atom stereocenters. The maximum atomic E-state index is 5.58. The third-order valence-electron chi connectivity index (χ3n) is 2.25. The molecular formula is C9H16N2. The maximum absolute atomic E-state index is 5.58. The summed E-state index contributed by atoms with van der Waals surface area (Å²) in [5.41, 5.74) is 5.58. The number of piperidine rings is 1. The molecule has 0 aromatic heterocycles. The number of likely N-dealkylation sites (tertiary alicyclic amines) is 1. The van der Waals surface area contributed by atoms with Crippen molar-refractivity contribution in [3.05, 3.63) is 0 Å². The molecule has 0 bridgehead atoms. The van der Waals surface area contributed by atoms with Crippen LogP contribution in [-0.4, -0.2) is 31.1 Å². The largest absolute Gasteiger partial charge is 0.330 e. The Balaban J connectivity index is 2.28. The Labute approximate surface area is 68.8 Å². The fourth-order valence-electron chi connectivity index (χ4n) is 1.62. The van der Waals surface area contributed by atoms with Gasteiger partial charge in [0.05, 0.1) is 6.54 Å². The summed E-state index contributed by atoms with van der Waals surface area (Å²) in [5.74, 6) is 3.35.